The number of ketones is 1. The Balaban J connectivity index is 1.48. The molecule has 0 heterocycles. The second kappa shape index (κ2) is 10.8. The minimum Gasteiger partial charge on any atom is -0.293 e. The molecule has 0 aromatic heterocycles. The van der Waals surface area contributed by atoms with Gasteiger partial charge in [-0.15, -0.1) is 0 Å². The number of Topliss-reactive ketones (excluding diaryl/α,β-unsaturated/α-hetero) is 1. The minimum atomic E-state index is -2.80. The predicted molar refractivity (Wildman–Crippen MR) is 171 cm³/mol. The van der Waals surface area contributed by atoms with Gasteiger partial charge >= 0.3 is 0 Å². The quantitative estimate of drug-likeness (QED) is 0.221. The number of carbonyl (C=O) groups excluding carboxylic acids is 1. The van der Waals surface area contributed by atoms with E-state index < -0.39 is 6.89 Å². The lowest BCUT2D eigenvalue weighted by molar-refractivity contribution is -0.120. The van der Waals surface area contributed by atoms with Crippen LogP contribution >= 0.6 is 6.89 Å². The van der Waals surface area contributed by atoms with E-state index >= 15 is 4.79 Å². The van der Waals surface area contributed by atoms with Gasteiger partial charge in [0.15, 0.2) is 5.78 Å². The number of nitrogens with zero attached hydrogens (tertiary/aromatic N) is 1. The SMILES string of the molecule is N#CC(C(=O)CC1(c2ccc(F)cc2)C2CC3CC(C2)CC1C3)=P(c1ccccc1)(c1ccccc1)c1ccccc1. The first-order chi connectivity index (χ1) is 20.6. The van der Waals surface area contributed by atoms with Gasteiger partial charge < -0.3 is 0 Å². The lowest BCUT2D eigenvalue weighted by Crippen LogP contribution is -2.56. The fourth-order valence-electron chi connectivity index (χ4n) is 9.11. The predicted octanol–water partition coefficient (Wildman–Crippen LogP) is 7.17. The minimum absolute atomic E-state index is 0.0563. The smallest absolute Gasteiger partial charge is 0.175 e. The van der Waals surface area contributed by atoms with Gasteiger partial charge in [0.25, 0.3) is 0 Å². The Kier molecular flexibility index (Phi) is 7.00. The van der Waals surface area contributed by atoms with Crippen LogP contribution in [0.2, 0.25) is 0 Å². The normalized spacial score (nSPS) is 26.0. The molecular weight excluding hydrogens is 536 g/mol. The van der Waals surface area contributed by atoms with Crippen molar-refractivity contribution in [2.24, 2.45) is 23.7 Å². The monoisotopic (exact) mass is 571 g/mol. The van der Waals surface area contributed by atoms with Crippen molar-refractivity contribution in [2.45, 2.75) is 43.9 Å². The molecule has 0 unspecified atom stereocenters. The third-order valence-electron chi connectivity index (χ3n) is 10.6. The van der Waals surface area contributed by atoms with Gasteiger partial charge in [0.1, 0.15) is 17.2 Å². The zero-order chi connectivity index (χ0) is 28.7. The molecule has 2 nitrogen and oxygen atoms in total. The number of halogens is 1. The largest absolute Gasteiger partial charge is 0.293 e. The zero-order valence-corrected chi connectivity index (χ0v) is 24.6. The fourth-order valence-corrected chi connectivity index (χ4v) is 13.2. The van der Waals surface area contributed by atoms with Crippen molar-refractivity contribution in [1.29, 1.82) is 5.26 Å². The van der Waals surface area contributed by atoms with Crippen molar-refractivity contribution < 1.29 is 9.18 Å². The summed E-state index contributed by atoms with van der Waals surface area (Å²) in [5, 5.41) is 14.4. The number of benzene rings is 4. The van der Waals surface area contributed by atoms with Crippen LogP contribution in [-0.4, -0.2) is 11.1 Å². The van der Waals surface area contributed by atoms with Gasteiger partial charge in [-0.1, -0.05) is 103 Å². The third kappa shape index (κ3) is 4.23. The first-order valence-corrected chi connectivity index (χ1v) is 17.0. The molecule has 4 bridgehead atoms. The Morgan fingerprint density at radius 2 is 1.12 bits per heavy atom. The van der Waals surface area contributed by atoms with Gasteiger partial charge in [-0.3, -0.25) is 4.79 Å². The molecule has 0 saturated heterocycles. The van der Waals surface area contributed by atoms with Crippen LogP contribution in [0.1, 0.15) is 44.1 Å². The molecule has 4 saturated carbocycles. The number of rotatable bonds is 7. The molecule has 4 heteroatoms. The summed E-state index contributed by atoms with van der Waals surface area (Å²) in [5.41, 5.74) is 0.700. The Morgan fingerprint density at radius 3 is 1.52 bits per heavy atom. The van der Waals surface area contributed by atoms with Crippen LogP contribution in [0.3, 0.4) is 0 Å². The van der Waals surface area contributed by atoms with Crippen molar-refractivity contribution in [2.75, 3.05) is 0 Å². The maximum Gasteiger partial charge on any atom is 0.175 e. The van der Waals surface area contributed by atoms with E-state index in [9.17, 15) is 9.65 Å². The van der Waals surface area contributed by atoms with Gasteiger partial charge in [-0.05, 0) is 96.3 Å². The highest BCUT2D eigenvalue weighted by Gasteiger charge is 2.58. The molecule has 0 spiro atoms. The van der Waals surface area contributed by atoms with E-state index in [0.29, 0.717) is 23.6 Å². The van der Waals surface area contributed by atoms with Gasteiger partial charge in [-0.25, -0.2) is 4.39 Å². The van der Waals surface area contributed by atoms with Crippen LogP contribution in [0.5, 0.6) is 0 Å². The highest BCUT2D eigenvalue weighted by atomic mass is 31.2. The maximum absolute atomic E-state index is 15.1. The van der Waals surface area contributed by atoms with E-state index in [1.165, 1.54) is 6.42 Å². The summed E-state index contributed by atoms with van der Waals surface area (Å²) in [6, 6.07) is 40.0. The molecule has 4 aromatic rings. The van der Waals surface area contributed by atoms with Crippen molar-refractivity contribution in [1.82, 2.24) is 0 Å². The van der Waals surface area contributed by atoms with Crippen LogP contribution in [0.15, 0.2) is 115 Å². The van der Waals surface area contributed by atoms with Crippen molar-refractivity contribution in [3.05, 3.63) is 127 Å². The first-order valence-electron chi connectivity index (χ1n) is 15.2. The van der Waals surface area contributed by atoms with Crippen LogP contribution in [0, 0.1) is 40.8 Å². The zero-order valence-electron chi connectivity index (χ0n) is 23.7. The molecule has 210 valence electrons. The number of carbonyl (C=O) groups is 1. The van der Waals surface area contributed by atoms with Gasteiger partial charge in [0.2, 0.25) is 0 Å². The summed E-state index contributed by atoms with van der Waals surface area (Å²) in [6.07, 6.45) is 6.09. The standard InChI is InChI=1S/C38H35FNOP/c39-32-18-16-29(17-19-32)38(30-21-27-20-28(23-30)24-31(38)22-27)25-36(41)37(26-40)42(33-10-4-1-5-11-33,34-12-6-2-7-13-34)35-14-8-3-9-15-35/h1-19,27-28,30-31H,20-25H2. The van der Waals surface area contributed by atoms with Gasteiger partial charge in [0.05, 0.1) is 0 Å². The fraction of sp³-hybridized carbons (Fsp3) is 0.289. The third-order valence-corrected chi connectivity index (χ3v) is 14.8. The number of hydrogen-bond acceptors (Lipinski definition) is 2. The summed E-state index contributed by atoms with van der Waals surface area (Å²) in [6.45, 7) is -2.80. The highest BCUT2D eigenvalue weighted by molar-refractivity contribution is 7.96. The topological polar surface area (TPSA) is 40.9 Å². The van der Waals surface area contributed by atoms with E-state index in [4.69, 9.17) is 0 Å². The Morgan fingerprint density at radius 1 is 0.690 bits per heavy atom. The molecule has 0 atom stereocenters. The van der Waals surface area contributed by atoms with Crippen LogP contribution in [-0.2, 0) is 10.2 Å². The molecule has 0 amide bonds. The van der Waals surface area contributed by atoms with Crippen molar-refractivity contribution >= 4 is 33.9 Å². The molecular formula is C38H35FNOP. The average molecular weight is 572 g/mol. The lowest BCUT2D eigenvalue weighted by Gasteiger charge is -2.61. The molecule has 8 rings (SSSR count). The summed E-state index contributed by atoms with van der Waals surface area (Å²) < 4.78 is 14.2. The second-order valence-electron chi connectivity index (χ2n) is 12.6. The van der Waals surface area contributed by atoms with E-state index in [-0.39, 0.29) is 17.0 Å². The first kappa shape index (κ1) is 27.1. The summed E-state index contributed by atoms with van der Waals surface area (Å²) >= 11 is 0. The van der Waals surface area contributed by atoms with Crippen molar-refractivity contribution in [3.8, 4) is 6.07 Å². The number of nitriles is 1. The molecule has 4 aromatic carbocycles. The van der Waals surface area contributed by atoms with Gasteiger partial charge in [-0.2, -0.15) is 5.26 Å². The lowest BCUT2D eigenvalue weighted by atomic mass is 9.42. The molecule has 0 radical (unpaired) electrons. The van der Waals surface area contributed by atoms with Gasteiger partial charge in [0, 0.05) is 11.8 Å². The Bertz CT molecular complexity index is 1560. The highest BCUT2D eigenvalue weighted by Crippen LogP contribution is 2.64. The van der Waals surface area contributed by atoms with Crippen LogP contribution in [0.4, 0.5) is 4.39 Å². The molecule has 4 aliphatic rings. The van der Waals surface area contributed by atoms with Crippen LogP contribution in [0.25, 0.3) is 0 Å². The van der Waals surface area contributed by atoms with E-state index in [0.717, 1.165) is 59.0 Å². The Hall–Kier alpha value is -3.73. The summed E-state index contributed by atoms with van der Waals surface area (Å²) in [7, 11) is 0. The van der Waals surface area contributed by atoms with E-state index in [1.54, 1.807) is 12.1 Å². The second-order valence-corrected chi connectivity index (χ2v) is 15.9. The molecule has 42 heavy (non-hydrogen) atoms. The summed E-state index contributed by atoms with van der Waals surface area (Å²) in [5.74, 6) is 1.89. The van der Waals surface area contributed by atoms with E-state index in [1.807, 2.05) is 66.7 Å². The average Bonchev–Trinajstić information content (AvgIpc) is 3.03. The molecule has 4 aliphatic carbocycles. The van der Waals surface area contributed by atoms with Crippen LogP contribution < -0.4 is 15.9 Å². The molecule has 0 N–H and O–H groups in total. The van der Waals surface area contributed by atoms with Crippen molar-refractivity contribution in [3.63, 3.8) is 0 Å². The number of hydrogen-bond donors (Lipinski definition) is 0. The molecule has 0 aliphatic heterocycles. The van der Waals surface area contributed by atoms with E-state index in [2.05, 4.69) is 42.5 Å². The Labute approximate surface area is 248 Å². The molecule has 4 fully saturated rings. The summed E-state index contributed by atoms with van der Waals surface area (Å²) in [4.78, 5) is 15.1. The maximum atomic E-state index is 15.1.